The van der Waals surface area contributed by atoms with Crippen LogP contribution in [0.4, 0.5) is 11.6 Å². The lowest BCUT2D eigenvalue weighted by molar-refractivity contribution is 0.0971. The number of aromatic nitrogens is 2. The van der Waals surface area contributed by atoms with Crippen molar-refractivity contribution in [2.45, 2.75) is 32.3 Å². The van der Waals surface area contributed by atoms with Crippen LogP contribution in [0.15, 0.2) is 24.3 Å². The fourth-order valence-corrected chi connectivity index (χ4v) is 2.89. The summed E-state index contributed by atoms with van der Waals surface area (Å²) >= 11 is 5.76. The Kier molecular flexibility index (Phi) is 10.3. The van der Waals surface area contributed by atoms with Crippen LogP contribution in [-0.4, -0.2) is 58.6 Å². The number of amides is 1. The van der Waals surface area contributed by atoms with Gasteiger partial charge in [0.05, 0.1) is 5.84 Å². The summed E-state index contributed by atoms with van der Waals surface area (Å²) in [7, 11) is 0. The molecule has 13 heteroatoms. The van der Waals surface area contributed by atoms with Crippen molar-refractivity contribution in [3.63, 3.8) is 0 Å². The van der Waals surface area contributed by atoms with Gasteiger partial charge in [-0.1, -0.05) is 23.7 Å². The molecule has 0 saturated heterocycles. The van der Waals surface area contributed by atoms with E-state index in [1.165, 1.54) is 0 Å². The molecule has 0 radical (unpaired) electrons. The van der Waals surface area contributed by atoms with Crippen molar-refractivity contribution < 1.29 is 14.6 Å². The number of nitrogens with one attached hydrogen (secondary N) is 5. The van der Waals surface area contributed by atoms with Gasteiger partial charge in [0.1, 0.15) is 18.5 Å². The van der Waals surface area contributed by atoms with Crippen LogP contribution in [0.2, 0.25) is 5.15 Å². The van der Waals surface area contributed by atoms with E-state index in [1.807, 2.05) is 24.3 Å². The Balaban J connectivity index is 1.64. The van der Waals surface area contributed by atoms with Crippen LogP contribution in [0.3, 0.4) is 0 Å². The number of benzene rings is 1. The molecule has 1 amide bonds. The molecule has 1 aromatic carbocycles. The van der Waals surface area contributed by atoms with Gasteiger partial charge in [0.25, 0.3) is 5.91 Å². The van der Waals surface area contributed by atoms with Gasteiger partial charge in [0.2, 0.25) is 0 Å². The lowest BCUT2D eigenvalue weighted by atomic mass is 10.1. The third-order valence-corrected chi connectivity index (χ3v) is 4.80. The molecule has 0 saturated carbocycles. The van der Waals surface area contributed by atoms with E-state index in [0.29, 0.717) is 18.1 Å². The first-order valence-corrected chi connectivity index (χ1v) is 10.9. The van der Waals surface area contributed by atoms with Gasteiger partial charge in [-0.15, -0.1) is 0 Å². The Morgan fingerprint density at radius 3 is 2.53 bits per heavy atom. The summed E-state index contributed by atoms with van der Waals surface area (Å²) in [5.74, 6) is -0.187. The summed E-state index contributed by atoms with van der Waals surface area (Å²) in [5.41, 5.74) is 12.0. The Morgan fingerprint density at radius 2 is 1.85 bits per heavy atom. The number of amidine groups is 1. The molecule has 1 heterocycles. The van der Waals surface area contributed by atoms with E-state index in [9.17, 15) is 9.90 Å². The van der Waals surface area contributed by atoms with Gasteiger partial charge in [0, 0.05) is 13.1 Å². The van der Waals surface area contributed by atoms with Gasteiger partial charge in [-0.25, -0.2) is 9.97 Å². The number of aliphatic hydroxyl groups excluding tert-OH is 1. The van der Waals surface area contributed by atoms with E-state index in [0.717, 1.165) is 24.8 Å². The van der Waals surface area contributed by atoms with Gasteiger partial charge in [0.15, 0.2) is 28.4 Å². The molecule has 184 valence electrons. The second-order valence-corrected chi connectivity index (χ2v) is 7.82. The number of unbranched alkanes of at least 4 members (excludes halogenated alkanes) is 1. The van der Waals surface area contributed by atoms with E-state index in [4.69, 9.17) is 38.6 Å². The highest BCUT2D eigenvalue weighted by Gasteiger charge is 2.17. The highest BCUT2D eigenvalue weighted by molar-refractivity contribution is 6.31. The quantitative estimate of drug-likeness (QED) is 0.127. The van der Waals surface area contributed by atoms with Crippen molar-refractivity contribution in [3.05, 3.63) is 40.7 Å². The minimum Gasteiger partial charge on any atom is -0.491 e. The molecule has 0 fully saturated rings. The number of hydrogen-bond acceptors (Lipinski definition) is 9. The number of carbonyl (C=O) groups is 1. The minimum absolute atomic E-state index is 0.0762. The molecule has 1 atom stereocenters. The third kappa shape index (κ3) is 9.08. The molecule has 0 aliphatic carbocycles. The number of aliphatic hydroxyl groups is 1. The number of nitrogen functional groups attached to an aromatic ring is 2. The van der Waals surface area contributed by atoms with Crippen molar-refractivity contribution >= 4 is 40.9 Å². The monoisotopic (exact) mass is 491 g/mol. The summed E-state index contributed by atoms with van der Waals surface area (Å²) in [4.78, 5) is 19.7. The maximum absolute atomic E-state index is 12.2. The number of halogens is 1. The van der Waals surface area contributed by atoms with Crippen LogP contribution in [-0.2, 0) is 6.42 Å². The maximum Gasteiger partial charge on any atom is 0.280 e. The Morgan fingerprint density at radius 1 is 1.15 bits per heavy atom. The van der Waals surface area contributed by atoms with Crippen molar-refractivity contribution in [3.8, 4) is 5.75 Å². The van der Waals surface area contributed by atoms with Crippen LogP contribution >= 0.6 is 11.6 Å². The first-order chi connectivity index (χ1) is 16.2. The van der Waals surface area contributed by atoms with E-state index in [-0.39, 0.29) is 41.6 Å². The van der Waals surface area contributed by atoms with E-state index < -0.39 is 12.0 Å². The van der Waals surface area contributed by atoms with Crippen molar-refractivity contribution in [2.24, 2.45) is 0 Å². The largest absolute Gasteiger partial charge is 0.491 e. The summed E-state index contributed by atoms with van der Waals surface area (Å²) in [6.07, 6.45) is 1.78. The van der Waals surface area contributed by atoms with E-state index in [2.05, 4.69) is 25.9 Å². The number of nitrogens with two attached hydrogens (primary N) is 2. The van der Waals surface area contributed by atoms with Crippen LogP contribution in [0.5, 0.6) is 5.75 Å². The molecule has 1 aromatic heterocycles. The smallest absolute Gasteiger partial charge is 0.280 e. The molecule has 0 bridgehead atoms. The van der Waals surface area contributed by atoms with Crippen molar-refractivity contribution in [2.75, 3.05) is 31.2 Å². The molecular formula is C21H30ClN9O3. The standard InChI is InChI=1S/C21H30ClN9O3/c1-12(23)28-10-14(32)11-34-15-7-5-13(6-8-15)4-2-3-9-27-21(26)31-20(33)16-18(24)30-19(25)17(22)29-16/h5-8,14,32H,2-4,9-11H2,1H3,(H2,23,28)(H4,24,25,30)(H3,26,27,31,33). The average Bonchev–Trinajstić information content (AvgIpc) is 2.79. The highest BCUT2D eigenvalue weighted by Crippen LogP contribution is 2.17. The fraction of sp³-hybridized carbons (Fsp3) is 0.381. The van der Waals surface area contributed by atoms with Gasteiger partial charge < -0.3 is 31.9 Å². The molecule has 0 spiro atoms. The number of hydrogen-bond donors (Lipinski definition) is 8. The number of nitrogens with zero attached hydrogens (tertiary/aromatic N) is 2. The average molecular weight is 492 g/mol. The molecule has 0 aliphatic rings. The molecule has 12 nitrogen and oxygen atoms in total. The number of rotatable bonds is 11. The first kappa shape index (κ1) is 26.6. The summed E-state index contributed by atoms with van der Waals surface area (Å²) < 4.78 is 5.55. The van der Waals surface area contributed by atoms with Crippen molar-refractivity contribution in [1.29, 1.82) is 10.8 Å². The Bertz CT molecular complexity index is 1000. The molecule has 34 heavy (non-hydrogen) atoms. The highest BCUT2D eigenvalue weighted by atomic mass is 35.5. The second kappa shape index (κ2) is 13.2. The molecular weight excluding hydrogens is 462 g/mol. The molecule has 0 aliphatic heterocycles. The summed E-state index contributed by atoms with van der Waals surface area (Å²) in [6.45, 7) is 2.50. The predicted molar refractivity (Wildman–Crippen MR) is 131 cm³/mol. The number of aryl methyl sites for hydroxylation is 1. The van der Waals surface area contributed by atoms with Crippen LogP contribution in [0.25, 0.3) is 0 Å². The number of anilines is 2. The van der Waals surface area contributed by atoms with E-state index in [1.54, 1.807) is 6.92 Å². The summed E-state index contributed by atoms with van der Waals surface area (Å²) in [5, 5.41) is 32.7. The van der Waals surface area contributed by atoms with Gasteiger partial charge in [-0.2, -0.15) is 0 Å². The normalized spacial score (nSPS) is 11.4. The Hall–Kier alpha value is -3.64. The van der Waals surface area contributed by atoms with Crippen LogP contribution in [0.1, 0.15) is 35.8 Å². The third-order valence-electron chi connectivity index (χ3n) is 4.52. The van der Waals surface area contributed by atoms with Crippen LogP contribution < -0.4 is 32.2 Å². The zero-order valence-corrected chi connectivity index (χ0v) is 19.6. The van der Waals surface area contributed by atoms with Gasteiger partial charge in [-0.3, -0.25) is 20.9 Å². The zero-order chi connectivity index (χ0) is 25.1. The second-order valence-electron chi connectivity index (χ2n) is 7.46. The molecule has 1 unspecified atom stereocenters. The SMILES string of the molecule is CC(=N)NCC(O)COc1ccc(CCCCNC(=N)NC(=O)c2nc(Cl)c(N)nc2N)cc1. The minimum atomic E-state index is -0.708. The molecule has 2 aromatic rings. The predicted octanol–water partition coefficient (Wildman–Crippen LogP) is 0.898. The van der Waals surface area contributed by atoms with Crippen molar-refractivity contribution in [1.82, 2.24) is 25.9 Å². The van der Waals surface area contributed by atoms with E-state index >= 15 is 0 Å². The van der Waals surface area contributed by atoms with Crippen LogP contribution in [0, 0.1) is 10.8 Å². The topological polar surface area (TPSA) is 208 Å². The number of carbonyl (C=O) groups excluding carboxylic acids is 1. The van der Waals surface area contributed by atoms with Gasteiger partial charge in [-0.05, 0) is 43.9 Å². The first-order valence-electron chi connectivity index (χ1n) is 10.6. The zero-order valence-electron chi connectivity index (χ0n) is 18.8. The number of guanidine groups is 1. The maximum atomic E-state index is 12.2. The fourth-order valence-electron chi connectivity index (χ4n) is 2.77. The Labute approximate surface area is 202 Å². The summed E-state index contributed by atoms with van der Waals surface area (Å²) in [6, 6.07) is 7.61. The molecule has 2 rings (SSSR count). The lowest BCUT2D eigenvalue weighted by Crippen LogP contribution is -2.41. The molecule has 10 N–H and O–H groups in total. The lowest BCUT2D eigenvalue weighted by Gasteiger charge is -2.13. The number of ether oxygens (including phenoxy) is 1. The van der Waals surface area contributed by atoms with Gasteiger partial charge >= 0.3 is 0 Å².